The molecule has 1 unspecified atom stereocenters. The largest absolute Gasteiger partial charge is 0.494 e. The van der Waals surface area contributed by atoms with E-state index in [9.17, 15) is 14.7 Å². The van der Waals surface area contributed by atoms with Gasteiger partial charge in [-0.1, -0.05) is 76.8 Å². The first-order chi connectivity index (χ1) is 19.9. The van der Waals surface area contributed by atoms with E-state index in [4.69, 9.17) is 4.74 Å². The van der Waals surface area contributed by atoms with Gasteiger partial charge in [0, 0.05) is 27.7 Å². The van der Waals surface area contributed by atoms with Crippen molar-refractivity contribution >= 4 is 35.1 Å². The van der Waals surface area contributed by atoms with E-state index >= 15 is 0 Å². The number of anilines is 2. The second-order valence-corrected chi connectivity index (χ2v) is 11.3. The number of nitrogens with zero attached hydrogens (tertiary/aromatic N) is 1. The van der Waals surface area contributed by atoms with Crippen LogP contribution >= 0.6 is 11.8 Å². The second kappa shape index (κ2) is 17.4. The maximum Gasteiger partial charge on any atom is 0.326 e. The van der Waals surface area contributed by atoms with Crippen molar-refractivity contribution < 1.29 is 19.4 Å². The van der Waals surface area contributed by atoms with E-state index in [1.165, 1.54) is 19.3 Å². The van der Waals surface area contributed by atoms with E-state index in [2.05, 4.69) is 19.2 Å². The van der Waals surface area contributed by atoms with Gasteiger partial charge in [0.2, 0.25) is 0 Å². The number of amides is 2. The lowest BCUT2D eigenvalue weighted by Crippen LogP contribution is -2.35. The molecule has 3 aromatic rings. The van der Waals surface area contributed by atoms with E-state index in [0.717, 1.165) is 58.2 Å². The fourth-order valence-electron chi connectivity index (χ4n) is 4.53. The Balaban J connectivity index is 1.67. The Morgan fingerprint density at radius 3 is 2.00 bits per heavy atom. The molecular formula is C34H44N2O4S. The van der Waals surface area contributed by atoms with Crippen LogP contribution in [0.4, 0.5) is 16.2 Å². The summed E-state index contributed by atoms with van der Waals surface area (Å²) in [6.45, 7) is 7.56. The van der Waals surface area contributed by atoms with Crippen LogP contribution in [0.15, 0.2) is 82.6 Å². The van der Waals surface area contributed by atoms with Crippen molar-refractivity contribution in [3.63, 3.8) is 0 Å². The molecule has 0 fully saturated rings. The van der Waals surface area contributed by atoms with Gasteiger partial charge in [0.15, 0.2) is 0 Å². The van der Waals surface area contributed by atoms with Crippen LogP contribution in [0.2, 0.25) is 0 Å². The standard InChI is InChI=1S/C34H44N2O4S/c1-4-7-9-10-11-24-36(34(39)35-27-14-18-29(19-15-27)40-25-8-5-2)28-16-22-31(23-17-28)41-30-20-12-26(13-21-30)32(6-3)33(37)38/h12-23,32H,4-11,24-25H2,1-3H3,(H,35,39)(H,37,38). The highest BCUT2D eigenvalue weighted by Crippen LogP contribution is 2.31. The third-order valence-corrected chi connectivity index (χ3v) is 7.99. The molecule has 2 amide bonds. The molecule has 0 radical (unpaired) electrons. The zero-order valence-electron chi connectivity index (χ0n) is 24.6. The Morgan fingerprint density at radius 2 is 1.41 bits per heavy atom. The molecule has 6 nitrogen and oxygen atoms in total. The summed E-state index contributed by atoms with van der Waals surface area (Å²) in [5.74, 6) is -0.473. The number of nitrogens with one attached hydrogen (secondary N) is 1. The summed E-state index contributed by atoms with van der Waals surface area (Å²) in [6, 6.07) is 23.2. The summed E-state index contributed by atoms with van der Waals surface area (Å²) in [4.78, 5) is 28.8. The molecule has 0 saturated heterocycles. The normalized spacial score (nSPS) is 11.6. The van der Waals surface area contributed by atoms with Crippen molar-refractivity contribution in [1.82, 2.24) is 0 Å². The first-order valence-corrected chi connectivity index (χ1v) is 15.7. The molecule has 0 aliphatic carbocycles. The molecule has 1 atom stereocenters. The lowest BCUT2D eigenvalue weighted by atomic mass is 9.97. The Hall–Kier alpha value is -3.45. The average Bonchev–Trinajstić information content (AvgIpc) is 2.97. The maximum atomic E-state index is 13.4. The van der Waals surface area contributed by atoms with Gasteiger partial charge in [-0.2, -0.15) is 0 Å². The predicted octanol–water partition coefficient (Wildman–Crippen LogP) is 9.60. The third kappa shape index (κ3) is 10.5. The van der Waals surface area contributed by atoms with Crippen LogP contribution in [-0.2, 0) is 4.79 Å². The molecular weight excluding hydrogens is 532 g/mol. The molecule has 220 valence electrons. The molecule has 3 rings (SSSR count). The van der Waals surface area contributed by atoms with Gasteiger partial charge in [-0.05, 0) is 85.5 Å². The summed E-state index contributed by atoms with van der Waals surface area (Å²) >= 11 is 1.61. The van der Waals surface area contributed by atoms with E-state index in [-0.39, 0.29) is 6.03 Å². The van der Waals surface area contributed by atoms with Crippen LogP contribution in [0.3, 0.4) is 0 Å². The van der Waals surface area contributed by atoms with Gasteiger partial charge >= 0.3 is 12.0 Å². The molecule has 41 heavy (non-hydrogen) atoms. The zero-order valence-corrected chi connectivity index (χ0v) is 25.4. The molecule has 3 aromatic carbocycles. The monoisotopic (exact) mass is 576 g/mol. The molecule has 7 heteroatoms. The van der Waals surface area contributed by atoms with Crippen molar-refractivity contribution in [3.8, 4) is 5.75 Å². The summed E-state index contributed by atoms with van der Waals surface area (Å²) in [7, 11) is 0. The number of carboxylic acid groups (broad SMARTS) is 1. The first-order valence-electron chi connectivity index (χ1n) is 14.9. The number of urea groups is 1. The third-order valence-electron chi connectivity index (χ3n) is 6.98. The quantitative estimate of drug-likeness (QED) is 0.156. The number of carbonyl (C=O) groups excluding carboxylic acids is 1. The van der Waals surface area contributed by atoms with Gasteiger partial charge in [0.05, 0.1) is 12.5 Å². The summed E-state index contributed by atoms with van der Waals surface area (Å²) in [5.41, 5.74) is 2.40. The summed E-state index contributed by atoms with van der Waals surface area (Å²) < 4.78 is 5.74. The highest BCUT2D eigenvalue weighted by Gasteiger charge is 2.18. The van der Waals surface area contributed by atoms with Crippen LogP contribution in [0.1, 0.15) is 83.6 Å². The van der Waals surface area contributed by atoms with Crippen LogP contribution in [0.5, 0.6) is 5.75 Å². The van der Waals surface area contributed by atoms with Gasteiger partial charge in [-0.25, -0.2) is 4.79 Å². The number of unbranched alkanes of at least 4 members (excludes halogenated alkanes) is 5. The Bertz CT molecular complexity index is 1200. The van der Waals surface area contributed by atoms with Crippen molar-refractivity contribution in [2.75, 3.05) is 23.4 Å². The zero-order chi connectivity index (χ0) is 29.5. The van der Waals surface area contributed by atoms with Crippen molar-refractivity contribution in [1.29, 1.82) is 0 Å². The fraction of sp³-hybridized carbons (Fsp3) is 0.412. The highest BCUT2D eigenvalue weighted by molar-refractivity contribution is 7.99. The maximum absolute atomic E-state index is 13.4. The van der Waals surface area contributed by atoms with E-state index in [0.29, 0.717) is 19.6 Å². The molecule has 0 aliphatic heterocycles. The van der Waals surface area contributed by atoms with Crippen LogP contribution in [-0.4, -0.2) is 30.3 Å². The number of ether oxygens (including phenoxy) is 1. The number of carboxylic acids is 1. The molecule has 0 spiro atoms. The molecule has 0 aliphatic rings. The molecule has 0 saturated carbocycles. The SMILES string of the molecule is CCCCCCCN(C(=O)Nc1ccc(OCCCC)cc1)c1ccc(Sc2ccc(C(CC)C(=O)O)cc2)cc1. The van der Waals surface area contributed by atoms with Crippen LogP contribution < -0.4 is 15.0 Å². The molecule has 0 aromatic heterocycles. The van der Waals surface area contributed by atoms with Crippen LogP contribution in [0.25, 0.3) is 0 Å². The van der Waals surface area contributed by atoms with Gasteiger partial charge < -0.3 is 15.2 Å². The van der Waals surface area contributed by atoms with E-state index in [1.807, 2.05) is 84.6 Å². The van der Waals surface area contributed by atoms with Gasteiger partial charge in [0.1, 0.15) is 5.75 Å². The second-order valence-electron chi connectivity index (χ2n) is 10.2. The van der Waals surface area contributed by atoms with Crippen molar-refractivity contribution in [2.24, 2.45) is 0 Å². The van der Waals surface area contributed by atoms with Crippen molar-refractivity contribution in [3.05, 3.63) is 78.4 Å². The van der Waals surface area contributed by atoms with Crippen molar-refractivity contribution in [2.45, 2.75) is 87.8 Å². The lowest BCUT2D eigenvalue weighted by Gasteiger charge is -2.24. The Morgan fingerprint density at radius 1 is 0.805 bits per heavy atom. The highest BCUT2D eigenvalue weighted by atomic mass is 32.2. The predicted molar refractivity (Wildman–Crippen MR) is 170 cm³/mol. The van der Waals surface area contributed by atoms with E-state index < -0.39 is 11.9 Å². The molecule has 0 bridgehead atoms. The molecule has 2 N–H and O–H groups in total. The number of rotatable bonds is 17. The first kappa shape index (κ1) is 32.1. The lowest BCUT2D eigenvalue weighted by molar-refractivity contribution is -0.138. The fourth-order valence-corrected chi connectivity index (χ4v) is 5.35. The van der Waals surface area contributed by atoms with Crippen LogP contribution in [0, 0.1) is 0 Å². The number of hydrogen-bond donors (Lipinski definition) is 2. The topological polar surface area (TPSA) is 78.9 Å². The number of carbonyl (C=O) groups is 2. The number of aliphatic carboxylic acids is 1. The van der Waals surface area contributed by atoms with Gasteiger partial charge in [-0.3, -0.25) is 9.69 Å². The number of hydrogen-bond acceptors (Lipinski definition) is 4. The van der Waals surface area contributed by atoms with Gasteiger partial charge in [-0.15, -0.1) is 0 Å². The number of benzene rings is 3. The minimum absolute atomic E-state index is 0.153. The van der Waals surface area contributed by atoms with Gasteiger partial charge in [0.25, 0.3) is 0 Å². The Labute approximate surface area is 249 Å². The minimum Gasteiger partial charge on any atom is -0.494 e. The molecule has 0 heterocycles. The smallest absolute Gasteiger partial charge is 0.326 e. The average molecular weight is 577 g/mol. The Kier molecular flexibility index (Phi) is 13.6. The summed E-state index contributed by atoms with van der Waals surface area (Å²) in [5, 5.41) is 12.5. The summed E-state index contributed by atoms with van der Waals surface area (Å²) in [6.07, 6.45) is 8.26. The minimum atomic E-state index is -0.795. The van der Waals surface area contributed by atoms with E-state index in [1.54, 1.807) is 11.8 Å².